The Morgan fingerprint density at radius 2 is 0.811 bits per heavy atom. The lowest BCUT2D eigenvalue weighted by molar-refractivity contribution is 0.470. The molecule has 0 atom stereocenters. The molecule has 0 aliphatic rings. The van der Waals surface area contributed by atoms with Crippen LogP contribution >= 0.6 is 0 Å². The molecule has 2 nitrogen and oxygen atoms in total. The van der Waals surface area contributed by atoms with Crippen molar-refractivity contribution in [1.82, 2.24) is 0 Å². The van der Waals surface area contributed by atoms with Crippen molar-refractivity contribution in [2.24, 2.45) is 0 Å². The van der Waals surface area contributed by atoms with Gasteiger partial charge in [-0.3, -0.25) is 0 Å². The molecule has 0 radical (unpaired) electrons. The molecule has 0 bridgehead atoms. The van der Waals surface area contributed by atoms with Crippen LogP contribution < -0.4 is 0 Å². The number of benzene rings is 2. The first-order chi connectivity index (χ1) is 18.0. The summed E-state index contributed by atoms with van der Waals surface area (Å²) in [5.74, 6) is 1.02. The van der Waals surface area contributed by atoms with Crippen LogP contribution in [0.15, 0.2) is 36.4 Å². The lowest BCUT2D eigenvalue weighted by Gasteiger charge is -2.20. The molecule has 208 valence electrons. The van der Waals surface area contributed by atoms with Gasteiger partial charge in [0.2, 0.25) is 0 Å². The van der Waals surface area contributed by atoms with Crippen LogP contribution in [0.4, 0.5) is 0 Å². The van der Waals surface area contributed by atoms with Gasteiger partial charge in [-0.15, -0.1) is 0 Å². The van der Waals surface area contributed by atoms with E-state index in [1.54, 1.807) is 0 Å². The summed E-state index contributed by atoms with van der Waals surface area (Å²) in [7, 11) is 0. The number of aryl methyl sites for hydroxylation is 2. The summed E-state index contributed by atoms with van der Waals surface area (Å²) in [6.07, 6.45) is 26.3. The van der Waals surface area contributed by atoms with Crippen LogP contribution in [0, 0.1) is 13.8 Å². The molecule has 0 fully saturated rings. The quantitative estimate of drug-likeness (QED) is 0.165. The van der Waals surface area contributed by atoms with Gasteiger partial charge in [0.05, 0.1) is 0 Å². The van der Waals surface area contributed by atoms with E-state index in [-0.39, 0.29) is 0 Å². The van der Waals surface area contributed by atoms with Crippen LogP contribution in [0.1, 0.15) is 157 Å². The van der Waals surface area contributed by atoms with Crippen molar-refractivity contribution < 1.29 is 10.2 Å². The third kappa shape index (κ3) is 12.9. The molecule has 2 aromatic carbocycles. The van der Waals surface area contributed by atoms with E-state index in [1.807, 2.05) is 26.0 Å². The second-order valence-electron chi connectivity index (χ2n) is 11.4. The lowest BCUT2D eigenvalue weighted by Crippen LogP contribution is -2.02. The molecular weight excluding hydrogens is 452 g/mol. The summed E-state index contributed by atoms with van der Waals surface area (Å²) in [5, 5.41) is 20.0. The standard InChI is InChI=1S/C35H56O2/c1-4-5-6-7-8-9-10-11-12-13-14-15-16-17-18-19-20-21-22-33(31-23-25-34(36)29(2)27-31)32-24-26-35(37)30(3)28-32/h23-28,33,36-37H,4-22H2,1-3H3. The van der Waals surface area contributed by atoms with E-state index in [0.29, 0.717) is 17.4 Å². The third-order valence-electron chi connectivity index (χ3n) is 8.09. The van der Waals surface area contributed by atoms with Crippen molar-refractivity contribution in [2.75, 3.05) is 0 Å². The highest BCUT2D eigenvalue weighted by molar-refractivity contribution is 5.43. The Morgan fingerprint density at radius 1 is 0.486 bits per heavy atom. The molecule has 2 aromatic rings. The van der Waals surface area contributed by atoms with Crippen LogP contribution in [0.5, 0.6) is 11.5 Å². The Hall–Kier alpha value is -1.96. The zero-order valence-electron chi connectivity index (χ0n) is 24.4. The van der Waals surface area contributed by atoms with Crippen LogP contribution in [-0.4, -0.2) is 10.2 Å². The van der Waals surface area contributed by atoms with E-state index in [0.717, 1.165) is 17.5 Å². The van der Waals surface area contributed by atoms with Gasteiger partial charge in [0.1, 0.15) is 11.5 Å². The molecule has 0 aliphatic carbocycles. The second-order valence-corrected chi connectivity index (χ2v) is 11.4. The van der Waals surface area contributed by atoms with Crippen molar-refractivity contribution in [3.05, 3.63) is 58.7 Å². The maximum absolute atomic E-state index is 9.98. The minimum absolute atomic E-state index is 0.305. The average molecular weight is 509 g/mol. The van der Waals surface area contributed by atoms with Crippen molar-refractivity contribution >= 4 is 0 Å². The van der Waals surface area contributed by atoms with Gasteiger partial charge in [0, 0.05) is 5.92 Å². The Balaban J connectivity index is 1.56. The van der Waals surface area contributed by atoms with E-state index in [2.05, 4.69) is 31.2 Å². The molecule has 0 aliphatic heterocycles. The topological polar surface area (TPSA) is 40.5 Å². The van der Waals surface area contributed by atoms with Crippen molar-refractivity contribution in [1.29, 1.82) is 0 Å². The number of aromatic hydroxyl groups is 2. The molecule has 37 heavy (non-hydrogen) atoms. The van der Waals surface area contributed by atoms with Gasteiger partial charge in [-0.25, -0.2) is 0 Å². The van der Waals surface area contributed by atoms with Crippen LogP contribution in [0.2, 0.25) is 0 Å². The van der Waals surface area contributed by atoms with Crippen LogP contribution in [-0.2, 0) is 0 Å². The SMILES string of the molecule is CCCCCCCCCCCCCCCCCCCCC(c1ccc(O)c(C)c1)c1ccc(O)c(C)c1. The van der Waals surface area contributed by atoms with Crippen molar-refractivity contribution in [3.8, 4) is 11.5 Å². The molecule has 0 aromatic heterocycles. The lowest BCUT2D eigenvalue weighted by atomic mass is 9.85. The third-order valence-corrected chi connectivity index (χ3v) is 8.09. The summed E-state index contributed by atoms with van der Waals surface area (Å²) in [6.45, 7) is 6.22. The number of hydrogen-bond donors (Lipinski definition) is 2. The maximum Gasteiger partial charge on any atom is 0.118 e. The second kappa shape index (κ2) is 19.2. The van der Waals surface area contributed by atoms with E-state index < -0.39 is 0 Å². The van der Waals surface area contributed by atoms with Crippen LogP contribution in [0.3, 0.4) is 0 Å². The molecule has 0 saturated carbocycles. The Morgan fingerprint density at radius 3 is 1.14 bits per heavy atom. The van der Waals surface area contributed by atoms with Gasteiger partial charge < -0.3 is 10.2 Å². The van der Waals surface area contributed by atoms with Gasteiger partial charge in [-0.1, -0.05) is 147 Å². The van der Waals surface area contributed by atoms with E-state index in [4.69, 9.17) is 0 Å². The normalized spacial score (nSPS) is 11.5. The van der Waals surface area contributed by atoms with E-state index >= 15 is 0 Å². The first-order valence-corrected chi connectivity index (χ1v) is 15.6. The van der Waals surface area contributed by atoms with Gasteiger partial charge >= 0.3 is 0 Å². The molecular formula is C35H56O2. The molecule has 2 heteroatoms. The average Bonchev–Trinajstić information content (AvgIpc) is 2.89. The van der Waals surface area contributed by atoms with Gasteiger partial charge in [-0.2, -0.15) is 0 Å². The monoisotopic (exact) mass is 508 g/mol. The molecule has 2 N–H and O–H groups in total. The summed E-state index contributed by atoms with van der Waals surface area (Å²) in [6, 6.07) is 12.0. The zero-order chi connectivity index (χ0) is 26.7. The number of unbranched alkanes of at least 4 members (excludes halogenated alkanes) is 17. The number of phenolic OH excluding ortho intramolecular Hbond substituents is 2. The molecule has 0 unspecified atom stereocenters. The van der Waals surface area contributed by atoms with Gasteiger partial charge in [-0.05, 0) is 54.7 Å². The van der Waals surface area contributed by atoms with Gasteiger partial charge in [0.25, 0.3) is 0 Å². The first-order valence-electron chi connectivity index (χ1n) is 15.6. The highest BCUT2D eigenvalue weighted by atomic mass is 16.3. The largest absolute Gasteiger partial charge is 0.508 e. The Labute approximate surface area is 228 Å². The molecule has 0 heterocycles. The van der Waals surface area contributed by atoms with Crippen molar-refractivity contribution in [3.63, 3.8) is 0 Å². The molecule has 0 spiro atoms. The summed E-state index contributed by atoms with van der Waals surface area (Å²) in [5.41, 5.74) is 4.37. The fourth-order valence-electron chi connectivity index (χ4n) is 5.57. The highest BCUT2D eigenvalue weighted by Gasteiger charge is 2.16. The molecule has 0 saturated heterocycles. The summed E-state index contributed by atoms with van der Waals surface area (Å²) < 4.78 is 0. The number of phenols is 2. The fourth-order valence-corrected chi connectivity index (χ4v) is 5.57. The minimum atomic E-state index is 0.305. The predicted octanol–water partition coefficient (Wildman–Crippen LogP) is 11.3. The smallest absolute Gasteiger partial charge is 0.118 e. The van der Waals surface area contributed by atoms with E-state index in [1.165, 1.54) is 127 Å². The summed E-state index contributed by atoms with van der Waals surface area (Å²) >= 11 is 0. The number of rotatable bonds is 21. The molecule has 2 rings (SSSR count). The van der Waals surface area contributed by atoms with Crippen LogP contribution in [0.25, 0.3) is 0 Å². The number of hydrogen-bond acceptors (Lipinski definition) is 2. The predicted molar refractivity (Wildman–Crippen MR) is 161 cm³/mol. The first kappa shape index (κ1) is 31.3. The minimum Gasteiger partial charge on any atom is -0.508 e. The Bertz CT molecular complexity index is 805. The van der Waals surface area contributed by atoms with E-state index in [9.17, 15) is 10.2 Å². The maximum atomic E-state index is 9.98. The fraction of sp³-hybridized carbons (Fsp3) is 0.657. The van der Waals surface area contributed by atoms with Crippen molar-refractivity contribution in [2.45, 2.75) is 149 Å². The Kier molecular flexibility index (Phi) is 16.2. The summed E-state index contributed by atoms with van der Waals surface area (Å²) in [4.78, 5) is 0. The molecule has 0 amide bonds. The zero-order valence-corrected chi connectivity index (χ0v) is 24.4. The highest BCUT2D eigenvalue weighted by Crippen LogP contribution is 2.34. The van der Waals surface area contributed by atoms with Gasteiger partial charge in [0.15, 0.2) is 0 Å².